The lowest BCUT2D eigenvalue weighted by molar-refractivity contribution is -0.147. The Morgan fingerprint density at radius 1 is 0.970 bits per heavy atom. The summed E-state index contributed by atoms with van der Waals surface area (Å²) < 4.78 is 5.57. The van der Waals surface area contributed by atoms with Crippen LogP contribution >= 0.6 is 0 Å². The number of fused-ring (bicyclic) bond motifs is 3. The quantitative estimate of drug-likeness (QED) is 0.581. The number of rotatable bonds is 7. The van der Waals surface area contributed by atoms with Gasteiger partial charge in [-0.1, -0.05) is 76.2 Å². The Morgan fingerprint density at radius 2 is 1.48 bits per heavy atom. The summed E-state index contributed by atoms with van der Waals surface area (Å²) in [5.41, 5.74) is 2.35. The lowest BCUT2D eigenvalue weighted by atomic mass is 9.85. The first-order chi connectivity index (χ1) is 15.5. The Hall–Kier alpha value is -3.35. The van der Waals surface area contributed by atoms with Crippen molar-refractivity contribution in [2.24, 2.45) is 5.41 Å². The highest BCUT2D eigenvalue weighted by Crippen LogP contribution is 2.44. The highest BCUT2D eigenvalue weighted by atomic mass is 16.5. The van der Waals surface area contributed by atoms with Crippen LogP contribution in [0.3, 0.4) is 0 Å². The highest BCUT2D eigenvalue weighted by molar-refractivity contribution is 5.91. The van der Waals surface area contributed by atoms with Crippen LogP contribution in [0.5, 0.6) is 0 Å². The summed E-state index contributed by atoms with van der Waals surface area (Å²) in [4.78, 5) is 37.3. The number of carboxylic acids is 1. The molecule has 2 aromatic carbocycles. The van der Waals surface area contributed by atoms with Crippen molar-refractivity contribution in [1.82, 2.24) is 10.6 Å². The Morgan fingerprint density at radius 3 is 1.94 bits per heavy atom. The Bertz CT molecular complexity index is 1010. The molecule has 0 spiro atoms. The van der Waals surface area contributed by atoms with Gasteiger partial charge in [0.2, 0.25) is 5.91 Å². The van der Waals surface area contributed by atoms with Gasteiger partial charge >= 0.3 is 12.1 Å². The van der Waals surface area contributed by atoms with Crippen LogP contribution in [0, 0.1) is 5.41 Å². The molecule has 0 heterocycles. The average Bonchev–Trinajstić information content (AvgIpc) is 3.08. The minimum absolute atomic E-state index is 0.0968. The van der Waals surface area contributed by atoms with Crippen molar-refractivity contribution in [1.29, 1.82) is 0 Å². The lowest BCUT2D eigenvalue weighted by Gasteiger charge is -2.33. The Balaban J connectivity index is 1.72. The molecule has 2 atom stereocenters. The number of hydrogen-bond acceptors (Lipinski definition) is 4. The van der Waals surface area contributed by atoms with E-state index in [2.05, 4.69) is 22.8 Å². The Labute approximate surface area is 194 Å². The predicted molar refractivity (Wildman–Crippen MR) is 126 cm³/mol. The average molecular weight is 453 g/mol. The molecule has 0 saturated carbocycles. The number of aliphatic carboxylic acids is 1. The van der Waals surface area contributed by atoms with Crippen LogP contribution < -0.4 is 10.6 Å². The molecule has 7 heteroatoms. The molecular formula is C26H32N2O5. The summed E-state index contributed by atoms with van der Waals surface area (Å²) in [5.74, 6) is -1.80. The third-order valence-corrected chi connectivity index (χ3v) is 6.31. The van der Waals surface area contributed by atoms with Gasteiger partial charge in [0.25, 0.3) is 0 Å². The van der Waals surface area contributed by atoms with Gasteiger partial charge in [0.1, 0.15) is 18.2 Å². The van der Waals surface area contributed by atoms with Gasteiger partial charge in [-0.05, 0) is 41.0 Å². The summed E-state index contributed by atoms with van der Waals surface area (Å²) >= 11 is 0. The normalized spacial score (nSPS) is 15.5. The monoisotopic (exact) mass is 452 g/mol. The van der Waals surface area contributed by atoms with E-state index in [1.165, 1.54) is 6.92 Å². The number of nitrogens with one attached hydrogen (secondary N) is 2. The third-order valence-electron chi connectivity index (χ3n) is 6.31. The molecule has 2 aromatic rings. The standard InChI is InChI=1S/C26H32N2O5/c1-6-26(5,23(30)31)28-22(29)21(25(2,3)4)27-24(32)33-15-20-18-13-9-7-11-16(18)17-12-8-10-14-19(17)20/h7-14,20-21H,6,15H2,1-5H3,(H,27,32)(H,28,29)(H,30,31)/t21-,26?/m1/s1. The van der Waals surface area contributed by atoms with Crippen molar-refractivity contribution in [3.63, 3.8) is 0 Å². The van der Waals surface area contributed by atoms with Crippen molar-refractivity contribution in [2.75, 3.05) is 6.61 Å². The topological polar surface area (TPSA) is 105 Å². The molecule has 3 N–H and O–H groups in total. The fourth-order valence-corrected chi connectivity index (χ4v) is 4.07. The van der Waals surface area contributed by atoms with Gasteiger partial charge in [0.05, 0.1) is 0 Å². The molecule has 0 saturated heterocycles. The van der Waals surface area contributed by atoms with E-state index in [1.54, 1.807) is 27.7 Å². The van der Waals surface area contributed by atoms with E-state index in [9.17, 15) is 19.5 Å². The fraction of sp³-hybridized carbons (Fsp3) is 0.423. The molecule has 0 aliphatic heterocycles. The number of carboxylic acid groups (broad SMARTS) is 1. The van der Waals surface area contributed by atoms with Crippen LogP contribution in [0.4, 0.5) is 4.79 Å². The van der Waals surface area contributed by atoms with Gasteiger partial charge < -0.3 is 20.5 Å². The number of hydrogen-bond donors (Lipinski definition) is 3. The largest absolute Gasteiger partial charge is 0.480 e. The molecule has 1 aliphatic carbocycles. The number of alkyl carbamates (subject to hydrolysis) is 1. The maximum Gasteiger partial charge on any atom is 0.407 e. The van der Waals surface area contributed by atoms with E-state index >= 15 is 0 Å². The Kier molecular flexibility index (Phi) is 6.81. The first kappa shape index (κ1) is 24.3. The summed E-state index contributed by atoms with van der Waals surface area (Å²) in [6, 6.07) is 15.1. The fourth-order valence-electron chi connectivity index (χ4n) is 4.07. The first-order valence-corrected chi connectivity index (χ1v) is 11.1. The number of carbonyl (C=O) groups excluding carboxylic acids is 2. The molecule has 7 nitrogen and oxygen atoms in total. The molecule has 3 rings (SSSR count). The smallest absolute Gasteiger partial charge is 0.407 e. The van der Waals surface area contributed by atoms with Gasteiger partial charge in [-0.15, -0.1) is 0 Å². The molecule has 1 aliphatic rings. The second-order valence-corrected chi connectivity index (χ2v) is 9.75. The maximum atomic E-state index is 12.9. The van der Waals surface area contributed by atoms with Crippen molar-refractivity contribution in [3.8, 4) is 11.1 Å². The summed E-state index contributed by atoms with van der Waals surface area (Å²) in [6.45, 7) is 8.64. The van der Waals surface area contributed by atoms with Crippen LogP contribution in [0.15, 0.2) is 48.5 Å². The summed E-state index contributed by atoms with van der Waals surface area (Å²) in [5, 5.41) is 14.7. The van der Waals surface area contributed by atoms with Crippen LogP contribution in [0.25, 0.3) is 11.1 Å². The van der Waals surface area contributed by atoms with E-state index in [1.807, 2.05) is 36.4 Å². The molecule has 1 unspecified atom stereocenters. The molecule has 33 heavy (non-hydrogen) atoms. The van der Waals surface area contributed by atoms with Gasteiger partial charge in [-0.3, -0.25) is 4.79 Å². The van der Waals surface area contributed by atoms with Crippen LogP contribution in [0.2, 0.25) is 0 Å². The van der Waals surface area contributed by atoms with Gasteiger partial charge in [-0.2, -0.15) is 0 Å². The zero-order valence-corrected chi connectivity index (χ0v) is 19.8. The van der Waals surface area contributed by atoms with E-state index in [4.69, 9.17) is 4.74 Å². The lowest BCUT2D eigenvalue weighted by Crippen LogP contribution is -2.60. The van der Waals surface area contributed by atoms with Crippen LogP contribution in [-0.4, -0.2) is 41.3 Å². The third kappa shape index (κ3) is 5.02. The van der Waals surface area contributed by atoms with E-state index in [0.717, 1.165) is 22.3 Å². The van der Waals surface area contributed by atoms with Crippen LogP contribution in [0.1, 0.15) is 58.1 Å². The number of ether oxygens (including phenoxy) is 1. The molecule has 0 fully saturated rings. The molecule has 0 radical (unpaired) electrons. The SMILES string of the molecule is CCC(C)(NC(=O)[C@@H](NC(=O)OCC1c2ccccc2-c2ccccc21)C(C)(C)C)C(=O)O. The molecule has 2 amide bonds. The second-order valence-electron chi connectivity index (χ2n) is 9.75. The van der Waals surface area contributed by atoms with E-state index in [0.29, 0.717) is 0 Å². The summed E-state index contributed by atoms with van der Waals surface area (Å²) in [7, 11) is 0. The molecule has 176 valence electrons. The molecule has 0 aromatic heterocycles. The van der Waals surface area contributed by atoms with Gasteiger partial charge in [0, 0.05) is 5.92 Å². The predicted octanol–water partition coefficient (Wildman–Crippen LogP) is 4.31. The van der Waals surface area contributed by atoms with Crippen molar-refractivity contribution < 1.29 is 24.2 Å². The van der Waals surface area contributed by atoms with Crippen molar-refractivity contribution in [3.05, 3.63) is 59.7 Å². The summed E-state index contributed by atoms with van der Waals surface area (Å²) in [6.07, 6.45) is -0.518. The first-order valence-electron chi connectivity index (χ1n) is 11.1. The maximum absolute atomic E-state index is 12.9. The van der Waals surface area contributed by atoms with Crippen LogP contribution in [-0.2, 0) is 14.3 Å². The molecule has 0 bridgehead atoms. The van der Waals surface area contributed by atoms with Crippen molar-refractivity contribution in [2.45, 2.75) is 58.5 Å². The second kappa shape index (κ2) is 9.25. The van der Waals surface area contributed by atoms with Gasteiger partial charge in [0.15, 0.2) is 0 Å². The minimum atomic E-state index is -1.43. The van der Waals surface area contributed by atoms with Gasteiger partial charge in [-0.25, -0.2) is 9.59 Å². The number of carbonyl (C=O) groups is 3. The number of benzene rings is 2. The van der Waals surface area contributed by atoms with E-state index in [-0.39, 0.29) is 18.9 Å². The zero-order chi connectivity index (χ0) is 24.4. The minimum Gasteiger partial charge on any atom is -0.480 e. The van der Waals surface area contributed by atoms with Crippen molar-refractivity contribution >= 4 is 18.0 Å². The zero-order valence-electron chi connectivity index (χ0n) is 19.8. The van der Waals surface area contributed by atoms with E-state index < -0.39 is 35.0 Å². The molecular weight excluding hydrogens is 420 g/mol. The highest BCUT2D eigenvalue weighted by Gasteiger charge is 2.40. The number of amides is 2.